The molecular weight excluding hydrogens is 252 g/mol. The second kappa shape index (κ2) is 4.96. The van der Waals surface area contributed by atoms with Gasteiger partial charge in [0.2, 0.25) is 0 Å². The van der Waals surface area contributed by atoms with Gasteiger partial charge in [0, 0.05) is 11.6 Å². The fraction of sp³-hybridized carbons (Fsp3) is 0.231. The minimum absolute atomic E-state index is 0.0703. The summed E-state index contributed by atoms with van der Waals surface area (Å²) >= 11 is 0. The van der Waals surface area contributed by atoms with Crippen molar-refractivity contribution < 1.29 is 18.3 Å². The lowest BCUT2D eigenvalue weighted by molar-refractivity contribution is 0.198. The van der Waals surface area contributed by atoms with Crippen molar-refractivity contribution in [2.75, 3.05) is 19.5 Å². The molecule has 0 aliphatic carbocycles. The Morgan fingerprint density at radius 3 is 2.56 bits per heavy atom. The highest BCUT2D eigenvalue weighted by Crippen LogP contribution is 2.32. The topological polar surface area (TPSA) is 63.6 Å². The number of benzene rings is 2. The highest BCUT2D eigenvalue weighted by atomic mass is 32.2. The minimum atomic E-state index is -3.40. The predicted octanol–water partition coefficient (Wildman–Crippen LogP) is 1.61. The van der Waals surface area contributed by atoms with E-state index in [4.69, 9.17) is 9.84 Å². The molecule has 1 N–H and O–H groups in total. The summed E-state index contributed by atoms with van der Waals surface area (Å²) in [6, 6.07) is 10.7. The molecule has 0 aromatic heterocycles. The number of rotatable bonds is 4. The van der Waals surface area contributed by atoms with Gasteiger partial charge in [0.25, 0.3) is 0 Å². The molecule has 0 aliphatic heterocycles. The van der Waals surface area contributed by atoms with E-state index in [0.717, 1.165) is 11.6 Å². The summed E-state index contributed by atoms with van der Waals surface area (Å²) in [5.74, 6) is 0.283. The van der Waals surface area contributed by atoms with Crippen LogP contribution in [0.25, 0.3) is 10.8 Å². The van der Waals surface area contributed by atoms with Gasteiger partial charge in [-0.25, -0.2) is 8.42 Å². The average Bonchev–Trinajstić information content (AvgIpc) is 2.34. The van der Waals surface area contributed by atoms with Crippen LogP contribution in [0.2, 0.25) is 0 Å². The Morgan fingerprint density at radius 1 is 1.17 bits per heavy atom. The van der Waals surface area contributed by atoms with Crippen molar-refractivity contribution in [1.29, 1.82) is 0 Å². The van der Waals surface area contributed by atoms with Crippen LogP contribution in [-0.2, 0) is 9.84 Å². The standard InChI is InChI=1S/C13H14O4S/c1-18(15,16)13-11-5-3-2-4-10(11)6-7-12(13)17-9-8-14/h2-7,14H,8-9H2,1H3. The van der Waals surface area contributed by atoms with Crippen molar-refractivity contribution >= 4 is 20.6 Å². The Labute approximate surface area is 106 Å². The summed E-state index contributed by atoms with van der Waals surface area (Å²) in [6.07, 6.45) is 1.15. The molecule has 96 valence electrons. The average molecular weight is 266 g/mol. The van der Waals surface area contributed by atoms with E-state index in [9.17, 15) is 8.42 Å². The van der Waals surface area contributed by atoms with Gasteiger partial charge in [-0.15, -0.1) is 0 Å². The monoisotopic (exact) mass is 266 g/mol. The molecule has 0 fully saturated rings. The molecule has 18 heavy (non-hydrogen) atoms. The van der Waals surface area contributed by atoms with E-state index in [2.05, 4.69) is 0 Å². The summed E-state index contributed by atoms with van der Waals surface area (Å²) in [5, 5.41) is 10.2. The van der Waals surface area contributed by atoms with Gasteiger partial charge in [0.05, 0.1) is 6.61 Å². The molecule has 5 heteroatoms. The van der Waals surface area contributed by atoms with Crippen LogP contribution < -0.4 is 4.74 Å². The van der Waals surface area contributed by atoms with Crippen LogP contribution >= 0.6 is 0 Å². The number of hydrogen-bond acceptors (Lipinski definition) is 4. The maximum Gasteiger partial charge on any atom is 0.179 e. The van der Waals surface area contributed by atoms with E-state index in [0.29, 0.717) is 5.39 Å². The van der Waals surface area contributed by atoms with E-state index >= 15 is 0 Å². The fourth-order valence-corrected chi connectivity index (χ4v) is 2.95. The molecule has 0 saturated heterocycles. The molecule has 2 aromatic rings. The third-order valence-electron chi connectivity index (χ3n) is 2.56. The number of ether oxygens (including phenoxy) is 1. The third-order valence-corrected chi connectivity index (χ3v) is 3.73. The lowest BCUT2D eigenvalue weighted by atomic mass is 10.1. The first-order valence-electron chi connectivity index (χ1n) is 5.49. The Kier molecular flexibility index (Phi) is 3.54. The molecule has 4 nitrogen and oxygen atoms in total. The molecule has 0 atom stereocenters. The molecule has 0 saturated carbocycles. The molecular formula is C13H14O4S. The van der Waals surface area contributed by atoms with Crippen LogP contribution in [0, 0.1) is 0 Å². The van der Waals surface area contributed by atoms with Gasteiger partial charge in [0.15, 0.2) is 9.84 Å². The van der Waals surface area contributed by atoms with Crippen LogP contribution in [0.1, 0.15) is 0 Å². The first-order chi connectivity index (χ1) is 8.54. The molecule has 0 spiro atoms. The van der Waals surface area contributed by atoms with Gasteiger partial charge in [0.1, 0.15) is 17.3 Å². The van der Waals surface area contributed by atoms with Gasteiger partial charge >= 0.3 is 0 Å². The van der Waals surface area contributed by atoms with E-state index in [1.54, 1.807) is 24.3 Å². The van der Waals surface area contributed by atoms with Crippen LogP contribution in [-0.4, -0.2) is 33.0 Å². The molecule has 0 aliphatic rings. The summed E-state index contributed by atoms with van der Waals surface area (Å²) in [5.41, 5.74) is 0. The van der Waals surface area contributed by atoms with Crippen LogP contribution in [0.4, 0.5) is 0 Å². The number of aliphatic hydroxyl groups is 1. The first kappa shape index (κ1) is 12.9. The van der Waals surface area contributed by atoms with Crippen LogP contribution in [0.15, 0.2) is 41.3 Å². The molecule has 0 bridgehead atoms. The van der Waals surface area contributed by atoms with Crippen LogP contribution in [0.3, 0.4) is 0 Å². The van der Waals surface area contributed by atoms with Crippen molar-refractivity contribution in [3.8, 4) is 5.75 Å². The van der Waals surface area contributed by atoms with Gasteiger partial charge in [-0.05, 0) is 11.5 Å². The lowest BCUT2D eigenvalue weighted by Crippen LogP contribution is -2.07. The maximum atomic E-state index is 11.9. The molecule has 0 radical (unpaired) electrons. The zero-order chi connectivity index (χ0) is 13.2. The van der Waals surface area contributed by atoms with Gasteiger partial charge in [-0.1, -0.05) is 30.3 Å². The highest BCUT2D eigenvalue weighted by molar-refractivity contribution is 7.91. The normalized spacial score (nSPS) is 11.7. The van der Waals surface area contributed by atoms with E-state index in [1.165, 1.54) is 0 Å². The SMILES string of the molecule is CS(=O)(=O)c1c(OCCO)ccc2ccccc12. The van der Waals surface area contributed by atoms with E-state index in [1.807, 2.05) is 12.1 Å². The zero-order valence-electron chi connectivity index (χ0n) is 9.96. The molecule has 0 unspecified atom stereocenters. The third kappa shape index (κ3) is 2.47. The largest absolute Gasteiger partial charge is 0.490 e. The predicted molar refractivity (Wildman–Crippen MR) is 69.6 cm³/mol. The summed E-state index contributed by atoms with van der Waals surface area (Å²) in [7, 11) is -3.40. The van der Waals surface area contributed by atoms with Crippen LogP contribution in [0.5, 0.6) is 5.75 Å². The smallest absolute Gasteiger partial charge is 0.179 e. The Morgan fingerprint density at radius 2 is 1.89 bits per heavy atom. The van der Waals surface area contributed by atoms with Crippen molar-refractivity contribution in [1.82, 2.24) is 0 Å². The van der Waals surface area contributed by atoms with Crippen molar-refractivity contribution in [2.45, 2.75) is 4.90 Å². The summed E-state index contributed by atoms with van der Waals surface area (Å²) in [4.78, 5) is 0.175. The van der Waals surface area contributed by atoms with Gasteiger partial charge in [-0.2, -0.15) is 0 Å². The Balaban J connectivity index is 2.72. The second-order valence-corrected chi connectivity index (χ2v) is 5.91. The minimum Gasteiger partial charge on any atom is -0.490 e. The second-order valence-electron chi connectivity index (χ2n) is 3.96. The Hall–Kier alpha value is -1.59. The summed E-state index contributed by atoms with van der Waals surface area (Å²) in [6.45, 7) is -0.0864. The molecule has 0 amide bonds. The number of sulfone groups is 1. The number of fused-ring (bicyclic) bond motifs is 1. The van der Waals surface area contributed by atoms with E-state index < -0.39 is 9.84 Å². The van der Waals surface area contributed by atoms with Crippen molar-refractivity contribution in [3.63, 3.8) is 0 Å². The number of hydrogen-bond donors (Lipinski definition) is 1. The van der Waals surface area contributed by atoms with Crippen molar-refractivity contribution in [3.05, 3.63) is 36.4 Å². The first-order valence-corrected chi connectivity index (χ1v) is 7.38. The number of aliphatic hydroxyl groups excluding tert-OH is 1. The zero-order valence-corrected chi connectivity index (χ0v) is 10.8. The molecule has 0 heterocycles. The Bertz CT molecular complexity index is 662. The maximum absolute atomic E-state index is 11.9. The molecule has 2 rings (SSSR count). The highest BCUT2D eigenvalue weighted by Gasteiger charge is 2.18. The lowest BCUT2D eigenvalue weighted by Gasteiger charge is -2.12. The van der Waals surface area contributed by atoms with Gasteiger partial charge in [-0.3, -0.25) is 0 Å². The van der Waals surface area contributed by atoms with Crippen molar-refractivity contribution in [2.24, 2.45) is 0 Å². The summed E-state index contributed by atoms with van der Waals surface area (Å²) < 4.78 is 29.1. The van der Waals surface area contributed by atoms with E-state index in [-0.39, 0.29) is 23.9 Å². The van der Waals surface area contributed by atoms with Gasteiger partial charge < -0.3 is 9.84 Å². The quantitative estimate of drug-likeness (QED) is 0.913. The molecule has 2 aromatic carbocycles. The fourth-order valence-electron chi connectivity index (χ4n) is 1.87.